The number of alkyl carbamates (subject to hydrolysis) is 2. The average molecular weight is 782 g/mol. The molecule has 0 saturated carbocycles. The number of amides is 4. The molecule has 5 rings (SSSR count). The summed E-state index contributed by atoms with van der Waals surface area (Å²) in [7, 11) is 2.50. The molecule has 2 aromatic carbocycles. The zero-order chi connectivity index (χ0) is 41.2. The summed E-state index contributed by atoms with van der Waals surface area (Å²) >= 11 is 0. The van der Waals surface area contributed by atoms with Crippen LogP contribution in [0.1, 0.15) is 63.6 Å². The third-order valence-corrected chi connectivity index (χ3v) is 9.17. The number of ether oxygens (including phenoxy) is 2. The minimum Gasteiger partial charge on any atom is -0.453 e. The van der Waals surface area contributed by atoms with E-state index >= 15 is 0 Å². The highest BCUT2D eigenvalue weighted by Crippen LogP contribution is 2.41. The van der Waals surface area contributed by atoms with Crippen molar-refractivity contribution in [3.63, 3.8) is 0 Å². The molecule has 0 saturated heterocycles. The van der Waals surface area contributed by atoms with Crippen LogP contribution in [0.25, 0.3) is 44.7 Å². The van der Waals surface area contributed by atoms with Crippen molar-refractivity contribution in [3.8, 4) is 33.6 Å². The van der Waals surface area contributed by atoms with Gasteiger partial charge in [-0.1, -0.05) is 32.0 Å². The van der Waals surface area contributed by atoms with E-state index in [1.165, 1.54) is 14.2 Å². The van der Waals surface area contributed by atoms with E-state index in [2.05, 4.69) is 57.2 Å². The molecule has 4 amide bonds. The maximum absolute atomic E-state index is 12.9. The van der Waals surface area contributed by atoms with Gasteiger partial charge in [0.25, 0.3) is 0 Å². The minimum absolute atomic E-state index is 0.179. The second-order valence-electron chi connectivity index (χ2n) is 13.7. The molecule has 17 nitrogen and oxygen atoms in total. The molecule has 0 unspecified atom stereocenters. The number of hydrogen-bond acceptors (Lipinski definition) is 10. The van der Waals surface area contributed by atoms with E-state index in [0.717, 1.165) is 80.3 Å². The Bertz CT molecular complexity index is 2270. The summed E-state index contributed by atoms with van der Waals surface area (Å²) in [5.41, 5.74) is 9.33. The monoisotopic (exact) mass is 781 g/mol. The van der Waals surface area contributed by atoms with E-state index in [4.69, 9.17) is 9.98 Å². The molecule has 0 bridgehead atoms. The number of nitrogens with one attached hydrogen (secondary N) is 5. The van der Waals surface area contributed by atoms with Gasteiger partial charge in [0.2, 0.25) is 11.8 Å². The van der Waals surface area contributed by atoms with E-state index in [1.807, 2.05) is 53.7 Å². The van der Waals surface area contributed by atoms with Crippen LogP contribution >= 0.6 is 0 Å². The quantitative estimate of drug-likeness (QED) is 0.0749. The average Bonchev–Trinajstić information content (AvgIpc) is 3.96. The Balaban J connectivity index is 1.45. The third kappa shape index (κ3) is 10.0. The summed E-state index contributed by atoms with van der Waals surface area (Å²) in [5, 5.41) is 4.90. The van der Waals surface area contributed by atoms with Gasteiger partial charge in [0, 0.05) is 35.5 Å². The van der Waals surface area contributed by atoms with Crippen LogP contribution in [0.15, 0.2) is 41.7 Å². The van der Waals surface area contributed by atoms with Crippen molar-refractivity contribution >= 4 is 46.4 Å². The predicted octanol–water partition coefficient (Wildman–Crippen LogP) is 5.93. The van der Waals surface area contributed by atoms with Crippen molar-refractivity contribution in [3.05, 3.63) is 59.7 Å². The number of aliphatic imine (C=N–C) groups is 1. The van der Waals surface area contributed by atoms with Gasteiger partial charge in [0.05, 0.1) is 67.8 Å². The molecule has 0 aliphatic carbocycles. The number of aromatic amines is 3. The van der Waals surface area contributed by atoms with Crippen molar-refractivity contribution in [2.75, 3.05) is 40.4 Å². The van der Waals surface area contributed by atoms with Crippen LogP contribution in [0.5, 0.6) is 0 Å². The van der Waals surface area contributed by atoms with Crippen LogP contribution < -0.4 is 10.6 Å². The highest BCUT2D eigenvalue weighted by Gasteiger charge is 2.22. The van der Waals surface area contributed by atoms with Gasteiger partial charge in [-0.2, -0.15) is 0 Å². The Hall–Kier alpha value is -6.52. The van der Waals surface area contributed by atoms with Crippen LogP contribution in [0, 0.1) is 13.8 Å². The van der Waals surface area contributed by atoms with Gasteiger partial charge in [-0.05, 0) is 57.7 Å². The number of H-pyrrole nitrogens is 3. The van der Waals surface area contributed by atoms with Gasteiger partial charge in [-0.15, -0.1) is 0 Å². The third-order valence-electron chi connectivity index (χ3n) is 9.17. The molecule has 17 heteroatoms. The van der Waals surface area contributed by atoms with Gasteiger partial charge in [-0.3, -0.25) is 14.6 Å². The zero-order valence-electron chi connectivity index (χ0n) is 33.8. The Morgan fingerprint density at radius 1 is 0.719 bits per heavy atom. The molecule has 57 heavy (non-hydrogen) atoms. The molecular weight excluding hydrogens is 731 g/mol. The van der Waals surface area contributed by atoms with Gasteiger partial charge in [-0.25, -0.2) is 24.5 Å². The molecule has 0 aliphatic rings. The maximum Gasteiger partial charge on any atom is 0.407 e. The van der Waals surface area contributed by atoms with Crippen LogP contribution in [0.3, 0.4) is 0 Å². The summed E-state index contributed by atoms with van der Waals surface area (Å²) in [6.45, 7) is 12.9. The highest BCUT2D eigenvalue weighted by atomic mass is 16.5. The Morgan fingerprint density at radius 2 is 1.21 bits per heavy atom. The molecule has 5 aromatic rings. The molecule has 0 spiro atoms. The fourth-order valence-electron chi connectivity index (χ4n) is 6.54. The second kappa shape index (κ2) is 18.9. The molecule has 3 aromatic heterocycles. The molecule has 0 atom stereocenters. The summed E-state index contributed by atoms with van der Waals surface area (Å²) in [6.07, 6.45) is 3.62. The largest absolute Gasteiger partial charge is 0.453 e. The van der Waals surface area contributed by atoms with E-state index < -0.39 is 12.2 Å². The first kappa shape index (κ1) is 41.6. The number of carbonyl (C=O) groups excluding carboxylic acids is 4. The Morgan fingerprint density at radius 3 is 1.72 bits per heavy atom. The zero-order valence-corrected chi connectivity index (χ0v) is 33.8. The Kier molecular flexibility index (Phi) is 13.8. The standard InChI is InChI=1S/C40H51N11O6/c1-9-15-50(34(52)19-43-39(54)56-7)21-32-41-17-30(48-32)28-13-11-26(24(5)36(28)45-23(3)4)27-12-14-29(38-37(27)46-25(6)47-38)31-18-42-33(49-31)22-51(16-10-2)35(53)20-44-40(55)57-8/h11-14,17-18H,9-10,15-16,19-22H2,1-8H3,(H,41,48)(H,42,49)(H,43,54)(H,44,55)(H,46,47). The molecule has 3 heterocycles. The number of carbonyl (C=O) groups is 4. The second-order valence-corrected chi connectivity index (χ2v) is 13.7. The number of fused-ring (bicyclic) bond motifs is 1. The highest BCUT2D eigenvalue weighted by molar-refractivity contribution is 6.02. The van der Waals surface area contributed by atoms with Crippen LogP contribution in [0.2, 0.25) is 0 Å². The van der Waals surface area contributed by atoms with Crippen LogP contribution in [0.4, 0.5) is 15.3 Å². The van der Waals surface area contributed by atoms with Crippen LogP contribution in [-0.2, 0) is 32.2 Å². The number of aryl methyl sites for hydroxylation is 1. The van der Waals surface area contributed by atoms with Gasteiger partial charge in [0.1, 0.15) is 30.6 Å². The molecule has 5 N–H and O–H groups in total. The lowest BCUT2D eigenvalue weighted by molar-refractivity contribution is -0.131. The Labute approximate surface area is 331 Å². The van der Waals surface area contributed by atoms with Crippen molar-refractivity contribution in [1.82, 2.24) is 50.3 Å². The lowest BCUT2D eigenvalue weighted by Crippen LogP contribution is -2.40. The smallest absolute Gasteiger partial charge is 0.407 e. The molecule has 0 fully saturated rings. The van der Waals surface area contributed by atoms with Crippen molar-refractivity contribution in [2.24, 2.45) is 4.99 Å². The van der Waals surface area contributed by atoms with E-state index in [1.54, 1.807) is 22.2 Å². The topological polar surface area (TPSA) is 216 Å². The van der Waals surface area contributed by atoms with Gasteiger partial charge < -0.3 is 44.9 Å². The lowest BCUT2D eigenvalue weighted by atomic mass is 9.93. The molecular formula is C40H51N11O6. The number of nitrogens with zero attached hydrogens (tertiary/aromatic N) is 6. The van der Waals surface area contributed by atoms with Gasteiger partial charge in [0.15, 0.2) is 0 Å². The number of rotatable bonds is 16. The first-order valence-corrected chi connectivity index (χ1v) is 18.8. The van der Waals surface area contributed by atoms with E-state index in [9.17, 15) is 19.2 Å². The number of methoxy groups -OCH3 is 2. The molecule has 0 radical (unpaired) electrons. The summed E-state index contributed by atoms with van der Waals surface area (Å²) in [5.74, 6) is 1.45. The fourth-order valence-corrected chi connectivity index (χ4v) is 6.54. The number of imidazole rings is 3. The van der Waals surface area contributed by atoms with Crippen molar-refractivity contribution in [1.29, 1.82) is 0 Å². The van der Waals surface area contributed by atoms with E-state index in [-0.39, 0.29) is 38.0 Å². The first-order chi connectivity index (χ1) is 27.4. The number of hydrogen-bond donors (Lipinski definition) is 5. The minimum atomic E-state index is -0.668. The lowest BCUT2D eigenvalue weighted by Gasteiger charge is -2.21. The van der Waals surface area contributed by atoms with Crippen LogP contribution in [-0.4, -0.2) is 110 Å². The summed E-state index contributed by atoms with van der Waals surface area (Å²) in [6, 6.07) is 8.15. The normalized spacial score (nSPS) is 10.9. The fraction of sp³-hybridized carbons (Fsp3) is 0.400. The predicted molar refractivity (Wildman–Crippen MR) is 217 cm³/mol. The van der Waals surface area contributed by atoms with Crippen molar-refractivity contribution < 1.29 is 28.7 Å². The van der Waals surface area contributed by atoms with Crippen molar-refractivity contribution in [2.45, 2.75) is 67.5 Å². The van der Waals surface area contributed by atoms with Gasteiger partial charge >= 0.3 is 12.2 Å². The summed E-state index contributed by atoms with van der Waals surface area (Å²) in [4.78, 5) is 81.4. The number of aromatic nitrogens is 6. The SMILES string of the molecule is CCCN(Cc1ncc(-c2ccc(-c3ccc(-c4cnc(CN(CCC)C(=O)CNC(=O)OC)[nH]4)c4nc(C)[nH]c34)c(C)c2N=C(C)C)[nH]1)C(=O)CNC(=O)OC. The maximum atomic E-state index is 12.9. The van der Waals surface area contributed by atoms with E-state index in [0.29, 0.717) is 24.7 Å². The first-order valence-electron chi connectivity index (χ1n) is 18.8. The molecule has 302 valence electrons. The summed E-state index contributed by atoms with van der Waals surface area (Å²) < 4.78 is 9.19. The number of benzene rings is 2. The molecule has 0 aliphatic heterocycles.